The second-order valence-electron chi connectivity index (χ2n) is 6.82. The van der Waals surface area contributed by atoms with Crippen LogP contribution in [-0.2, 0) is 5.92 Å². The zero-order valence-corrected chi connectivity index (χ0v) is 14.0. The van der Waals surface area contributed by atoms with Crippen LogP contribution >= 0.6 is 0 Å². The molecule has 3 nitrogen and oxygen atoms in total. The fraction of sp³-hybridized carbons (Fsp3) is 0.526. The molecule has 1 saturated carbocycles. The molecule has 0 saturated heterocycles. The highest BCUT2D eigenvalue weighted by Gasteiger charge is 2.35. The highest BCUT2D eigenvalue weighted by molar-refractivity contribution is 5.81. The van der Waals surface area contributed by atoms with Crippen molar-refractivity contribution in [3.05, 3.63) is 30.0 Å². The number of unbranched alkanes of at least 4 members (excludes halogenated alkanes) is 1. The molecule has 1 aromatic heterocycles. The van der Waals surface area contributed by atoms with Crippen molar-refractivity contribution in [1.82, 2.24) is 4.98 Å². The molecule has 3 rings (SSSR count). The molecule has 0 bridgehead atoms. The summed E-state index contributed by atoms with van der Waals surface area (Å²) in [5.74, 6) is -1.87. The number of halogens is 2. The van der Waals surface area contributed by atoms with Crippen LogP contribution in [0.2, 0.25) is 0 Å². The molecule has 1 aliphatic carbocycles. The molecule has 130 valence electrons. The third-order valence-corrected chi connectivity index (χ3v) is 4.93. The first-order chi connectivity index (χ1) is 11.4. The number of fused-ring (bicyclic) bond motifs is 1. The van der Waals surface area contributed by atoms with E-state index in [1.54, 1.807) is 18.2 Å². The first kappa shape index (κ1) is 16.9. The summed E-state index contributed by atoms with van der Waals surface area (Å²) in [5.41, 5.74) is -0.253. The fourth-order valence-corrected chi connectivity index (χ4v) is 3.20. The van der Waals surface area contributed by atoms with Gasteiger partial charge in [-0.1, -0.05) is 31.6 Å². The van der Waals surface area contributed by atoms with E-state index in [1.165, 1.54) is 19.6 Å². The predicted molar refractivity (Wildman–Crippen MR) is 87.4 cm³/mol. The zero-order chi connectivity index (χ0) is 17.3. The summed E-state index contributed by atoms with van der Waals surface area (Å²) in [6.45, 7) is 2.19. The summed E-state index contributed by atoms with van der Waals surface area (Å²) < 4.78 is 33.9. The Morgan fingerprint density at radius 2 is 2.04 bits per heavy atom. The van der Waals surface area contributed by atoms with Crippen molar-refractivity contribution in [1.29, 1.82) is 0 Å². The van der Waals surface area contributed by atoms with Crippen molar-refractivity contribution in [2.24, 2.45) is 11.8 Å². The van der Waals surface area contributed by atoms with E-state index in [2.05, 4.69) is 11.9 Å². The van der Waals surface area contributed by atoms with E-state index < -0.39 is 17.4 Å². The van der Waals surface area contributed by atoms with Gasteiger partial charge in [0.15, 0.2) is 0 Å². The summed E-state index contributed by atoms with van der Waals surface area (Å²) in [7, 11) is 1.51. The minimum atomic E-state index is -3.18. The molecule has 1 unspecified atom stereocenters. The van der Waals surface area contributed by atoms with E-state index in [1.807, 2.05) is 0 Å². The molecule has 24 heavy (non-hydrogen) atoms. The van der Waals surface area contributed by atoms with Crippen LogP contribution in [0.5, 0.6) is 11.5 Å². The third-order valence-electron chi connectivity index (χ3n) is 4.93. The van der Waals surface area contributed by atoms with E-state index in [0.717, 1.165) is 18.8 Å². The number of hydrogen-bond acceptors (Lipinski definition) is 3. The Morgan fingerprint density at radius 1 is 1.29 bits per heavy atom. The van der Waals surface area contributed by atoms with Gasteiger partial charge in [0.2, 0.25) is 0 Å². The summed E-state index contributed by atoms with van der Waals surface area (Å²) in [4.78, 5) is 3.94. The molecule has 2 aromatic rings. The Kier molecular flexibility index (Phi) is 4.61. The quantitative estimate of drug-likeness (QED) is 0.694. The van der Waals surface area contributed by atoms with Gasteiger partial charge in [0.1, 0.15) is 11.4 Å². The molecule has 2 atom stereocenters. The van der Waals surface area contributed by atoms with Gasteiger partial charge in [0.05, 0.1) is 12.6 Å². The van der Waals surface area contributed by atoms with Crippen molar-refractivity contribution >= 4 is 10.9 Å². The first-order valence-corrected chi connectivity index (χ1v) is 8.45. The highest BCUT2D eigenvalue weighted by Crippen LogP contribution is 2.43. The Bertz CT molecular complexity index is 733. The number of methoxy groups -OCH3 is 1. The maximum atomic E-state index is 14.4. The molecule has 1 aromatic carbocycles. The molecule has 0 aliphatic heterocycles. The number of pyridine rings is 1. The van der Waals surface area contributed by atoms with Gasteiger partial charge in [-0.05, 0) is 42.9 Å². The molecule has 0 amide bonds. The van der Waals surface area contributed by atoms with E-state index in [4.69, 9.17) is 4.74 Å². The number of alkyl halides is 2. The van der Waals surface area contributed by atoms with Crippen molar-refractivity contribution in [3.63, 3.8) is 0 Å². The van der Waals surface area contributed by atoms with Crippen molar-refractivity contribution in [2.75, 3.05) is 7.11 Å². The Hall–Kier alpha value is -1.91. The van der Waals surface area contributed by atoms with Crippen LogP contribution in [0.3, 0.4) is 0 Å². The zero-order valence-electron chi connectivity index (χ0n) is 14.0. The number of hydrogen-bond donors (Lipinski definition) is 0. The van der Waals surface area contributed by atoms with Gasteiger partial charge in [-0.2, -0.15) is 8.78 Å². The fourth-order valence-electron chi connectivity index (χ4n) is 3.20. The average molecular weight is 334 g/mol. The summed E-state index contributed by atoms with van der Waals surface area (Å²) in [6.07, 6.45) is 3.10. The summed E-state index contributed by atoms with van der Waals surface area (Å²) >= 11 is 0. The topological polar surface area (TPSA) is 45.2 Å². The van der Waals surface area contributed by atoms with Crippen LogP contribution in [0.15, 0.2) is 24.3 Å². The number of nitrogens with zero attached hydrogens (tertiary/aromatic N) is 1. The van der Waals surface area contributed by atoms with Crippen LogP contribution in [0.4, 0.5) is 8.78 Å². The monoisotopic (exact) mass is 334 g/mol. The van der Waals surface area contributed by atoms with Crippen LogP contribution in [0.1, 0.15) is 44.7 Å². The smallest absolute Gasteiger partial charge is 0.289 e. The Morgan fingerprint density at radius 3 is 2.71 bits per heavy atom. The largest absolute Gasteiger partial charge is 0.871 e. The lowest BCUT2D eigenvalue weighted by Crippen LogP contribution is -2.18. The number of aromatic nitrogens is 1. The molecular weight excluding hydrogens is 312 g/mol. The number of rotatable bonds is 7. The van der Waals surface area contributed by atoms with Gasteiger partial charge in [-0.25, -0.2) is 4.98 Å². The van der Waals surface area contributed by atoms with Crippen LogP contribution in [-0.4, -0.2) is 12.1 Å². The van der Waals surface area contributed by atoms with E-state index in [0.29, 0.717) is 29.0 Å². The van der Waals surface area contributed by atoms with E-state index in [9.17, 15) is 13.9 Å². The molecule has 1 fully saturated rings. The van der Waals surface area contributed by atoms with E-state index >= 15 is 0 Å². The standard InChI is InChI=1S/C19H23F2NO2/c1-12-9-13(12)5-3-4-8-19(20,21)18-17(23)11-14-10-15(24-2)6-7-16(14)22-18/h6-7,10-13,23H,3-5,8-9H2,1-2H3/p-1/t12?,13-/m1/s1. The highest BCUT2D eigenvalue weighted by atomic mass is 19.3. The number of ether oxygens (including phenoxy) is 1. The molecule has 0 spiro atoms. The van der Waals surface area contributed by atoms with Gasteiger partial charge in [-0.3, -0.25) is 0 Å². The van der Waals surface area contributed by atoms with E-state index in [-0.39, 0.29) is 6.42 Å². The second kappa shape index (κ2) is 6.54. The van der Waals surface area contributed by atoms with Gasteiger partial charge >= 0.3 is 0 Å². The number of benzene rings is 1. The SMILES string of the molecule is COc1ccc2nc(C(F)(F)CCCC[C@@H]3CC3C)c([O-])cc2c1. The lowest BCUT2D eigenvalue weighted by Gasteiger charge is -2.22. The normalized spacial score (nSPS) is 20.3. The molecular formula is C19H22F2NO2-. The van der Waals surface area contributed by atoms with Gasteiger partial charge < -0.3 is 9.84 Å². The first-order valence-electron chi connectivity index (χ1n) is 8.45. The maximum Gasteiger partial charge on any atom is 0.289 e. The van der Waals surface area contributed by atoms with Crippen molar-refractivity contribution in [2.45, 2.75) is 45.0 Å². The summed E-state index contributed by atoms with van der Waals surface area (Å²) in [5, 5.41) is 12.6. The minimum absolute atomic E-state index is 0.321. The van der Waals surface area contributed by atoms with Gasteiger partial charge in [0.25, 0.3) is 5.92 Å². The van der Waals surface area contributed by atoms with Gasteiger partial charge in [0, 0.05) is 11.8 Å². The minimum Gasteiger partial charge on any atom is -0.871 e. The average Bonchev–Trinajstić information content (AvgIpc) is 3.25. The molecule has 1 heterocycles. The Balaban J connectivity index is 1.72. The second-order valence-corrected chi connectivity index (χ2v) is 6.82. The maximum absolute atomic E-state index is 14.4. The lowest BCUT2D eigenvalue weighted by molar-refractivity contribution is -0.273. The molecule has 0 radical (unpaired) electrons. The van der Waals surface area contributed by atoms with Crippen LogP contribution < -0.4 is 9.84 Å². The lowest BCUT2D eigenvalue weighted by atomic mass is 10.0. The Labute approximate surface area is 140 Å². The predicted octanol–water partition coefficient (Wildman–Crippen LogP) is 4.63. The van der Waals surface area contributed by atoms with Gasteiger partial charge in [-0.15, -0.1) is 0 Å². The van der Waals surface area contributed by atoms with Crippen molar-refractivity contribution in [3.8, 4) is 11.5 Å². The molecule has 5 heteroatoms. The summed E-state index contributed by atoms with van der Waals surface area (Å²) in [6, 6.07) is 6.10. The molecule has 0 N–H and O–H groups in total. The van der Waals surface area contributed by atoms with Crippen LogP contribution in [0.25, 0.3) is 10.9 Å². The molecule has 1 aliphatic rings. The van der Waals surface area contributed by atoms with Crippen molar-refractivity contribution < 1.29 is 18.6 Å². The third kappa shape index (κ3) is 3.60. The van der Waals surface area contributed by atoms with Crippen LogP contribution in [0, 0.1) is 11.8 Å².